The summed E-state index contributed by atoms with van der Waals surface area (Å²) in [5, 5.41) is 6.98. The Morgan fingerprint density at radius 2 is 2.00 bits per heavy atom. The maximum atomic E-state index is 11.7. The highest BCUT2D eigenvalue weighted by atomic mass is 16.1. The number of amides is 2. The summed E-state index contributed by atoms with van der Waals surface area (Å²) >= 11 is 0. The lowest BCUT2D eigenvalue weighted by Crippen LogP contribution is -2.35. The highest BCUT2D eigenvalue weighted by molar-refractivity contribution is 5.96. The molecule has 1 aromatic carbocycles. The molecule has 9 heteroatoms. The van der Waals surface area contributed by atoms with Gasteiger partial charge < -0.3 is 22.1 Å². The van der Waals surface area contributed by atoms with Crippen molar-refractivity contribution in [3.8, 4) is 0 Å². The minimum atomic E-state index is -0.722. The van der Waals surface area contributed by atoms with Gasteiger partial charge >= 0.3 is 0 Å². The van der Waals surface area contributed by atoms with E-state index in [0.717, 1.165) is 17.3 Å². The van der Waals surface area contributed by atoms with Gasteiger partial charge in [0.15, 0.2) is 11.5 Å². The van der Waals surface area contributed by atoms with E-state index >= 15 is 0 Å². The Kier molecular flexibility index (Phi) is 5.64. The van der Waals surface area contributed by atoms with E-state index in [-0.39, 0.29) is 11.5 Å². The first kappa shape index (κ1) is 19.0. The van der Waals surface area contributed by atoms with E-state index in [4.69, 9.17) is 11.5 Å². The first-order chi connectivity index (χ1) is 13.5. The lowest BCUT2D eigenvalue weighted by molar-refractivity contribution is -0.118. The zero-order valence-electron chi connectivity index (χ0n) is 15.3. The van der Waals surface area contributed by atoms with Crippen LogP contribution < -0.4 is 22.1 Å². The molecule has 2 aromatic heterocycles. The van der Waals surface area contributed by atoms with Crippen molar-refractivity contribution in [3.05, 3.63) is 48.4 Å². The number of aromatic nitrogens is 3. The fraction of sp³-hybridized carbons (Fsp3) is 0.211. The van der Waals surface area contributed by atoms with E-state index in [1.165, 1.54) is 6.20 Å². The number of rotatable bonds is 8. The summed E-state index contributed by atoms with van der Waals surface area (Å²) in [4.78, 5) is 36.1. The van der Waals surface area contributed by atoms with Crippen molar-refractivity contribution in [1.82, 2.24) is 15.0 Å². The van der Waals surface area contributed by atoms with Crippen LogP contribution in [0.2, 0.25) is 0 Å². The number of fused-ring (bicyclic) bond motifs is 1. The van der Waals surface area contributed by atoms with Gasteiger partial charge in [-0.15, -0.1) is 0 Å². The molecule has 2 amide bonds. The third-order valence-corrected chi connectivity index (χ3v) is 4.12. The first-order valence-corrected chi connectivity index (χ1v) is 8.82. The second kappa shape index (κ2) is 8.30. The largest absolute Gasteiger partial charge is 0.368 e. The maximum absolute atomic E-state index is 11.7. The zero-order valence-corrected chi connectivity index (χ0v) is 15.3. The monoisotopic (exact) mass is 379 g/mol. The minimum Gasteiger partial charge on any atom is -0.368 e. The third kappa shape index (κ3) is 4.32. The molecule has 0 fully saturated rings. The Labute approximate surface area is 161 Å². The molecule has 1 atom stereocenters. The maximum Gasteiger partial charge on any atom is 0.271 e. The standard InChI is InChI=1S/C19H21N7O2/c1-2-4-13(17(20)27)25-15-10-23-16(18(21)28)19(26-15)24-12-7-6-11-5-3-8-22-14(11)9-12/h3,5-10,13H,2,4H2,1H3,(H2,20,27)(H2,21,28)(H2,24,25,26)/t13-/m1/s1. The summed E-state index contributed by atoms with van der Waals surface area (Å²) in [6.07, 6.45) is 4.36. The van der Waals surface area contributed by atoms with Gasteiger partial charge in [-0.2, -0.15) is 0 Å². The van der Waals surface area contributed by atoms with Gasteiger partial charge in [-0.25, -0.2) is 9.97 Å². The number of nitrogens with zero attached hydrogens (tertiary/aromatic N) is 3. The molecule has 28 heavy (non-hydrogen) atoms. The summed E-state index contributed by atoms with van der Waals surface area (Å²) in [6.45, 7) is 1.94. The van der Waals surface area contributed by atoms with Gasteiger partial charge in [0.2, 0.25) is 5.91 Å². The molecule has 0 spiro atoms. The van der Waals surface area contributed by atoms with Crippen LogP contribution in [0, 0.1) is 0 Å². The molecule has 144 valence electrons. The van der Waals surface area contributed by atoms with Crippen molar-refractivity contribution < 1.29 is 9.59 Å². The van der Waals surface area contributed by atoms with Crippen molar-refractivity contribution in [3.63, 3.8) is 0 Å². The summed E-state index contributed by atoms with van der Waals surface area (Å²) in [6, 6.07) is 8.77. The van der Waals surface area contributed by atoms with Crippen LogP contribution in [0.5, 0.6) is 0 Å². The molecular weight excluding hydrogens is 358 g/mol. The predicted octanol–water partition coefficient (Wildman–Crippen LogP) is 1.93. The Hall–Kier alpha value is -3.75. The number of carbonyl (C=O) groups excluding carboxylic acids is 2. The average Bonchev–Trinajstić information content (AvgIpc) is 2.67. The molecule has 3 rings (SSSR count). The number of benzene rings is 1. The van der Waals surface area contributed by atoms with Crippen LogP contribution in [-0.4, -0.2) is 32.8 Å². The Bertz CT molecular complexity index is 1020. The van der Waals surface area contributed by atoms with Crippen LogP contribution >= 0.6 is 0 Å². The highest BCUT2D eigenvalue weighted by Crippen LogP contribution is 2.23. The van der Waals surface area contributed by atoms with Gasteiger partial charge in [-0.3, -0.25) is 14.6 Å². The van der Waals surface area contributed by atoms with Crippen molar-refractivity contribution in [2.24, 2.45) is 11.5 Å². The Morgan fingerprint density at radius 1 is 1.18 bits per heavy atom. The Balaban J connectivity index is 1.92. The van der Waals surface area contributed by atoms with Crippen molar-refractivity contribution in [2.45, 2.75) is 25.8 Å². The Morgan fingerprint density at radius 3 is 2.71 bits per heavy atom. The molecule has 9 nitrogen and oxygen atoms in total. The van der Waals surface area contributed by atoms with Gasteiger partial charge in [0, 0.05) is 17.3 Å². The number of pyridine rings is 1. The molecule has 0 saturated heterocycles. The van der Waals surface area contributed by atoms with Crippen LogP contribution in [-0.2, 0) is 4.79 Å². The van der Waals surface area contributed by atoms with E-state index in [9.17, 15) is 9.59 Å². The van der Waals surface area contributed by atoms with Crippen molar-refractivity contribution in [1.29, 1.82) is 0 Å². The molecule has 0 unspecified atom stereocenters. The molecule has 3 aromatic rings. The van der Waals surface area contributed by atoms with E-state index in [2.05, 4.69) is 25.6 Å². The lowest BCUT2D eigenvalue weighted by Gasteiger charge is -2.16. The summed E-state index contributed by atoms with van der Waals surface area (Å²) in [5.41, 5.74) is 12.3. The molecule has 6 N–H and O–H groups in total. The fourth-order valence-electron chi connectivity index (χ4n) is 2.76. The second-order valence-electron chi connectivity index (χ2n) is 6.24. The smallest absolute Gasteiger partial charge is 0.271 e. The molecule has 0 saturated carbocycles. The predicted molar refractivity (Wildman–Crippen MR) is 107 cm³/mol. The molecule has 0 aliphatic carbocycles. The normalized spacial score (nSPS) is 11.8. The number of anilines is 3. The number of hydrogen-bond acceptors (Lipinski definition) is 7. The number of nitrogens with two attached hydrogens (primary N) is 2. The number of primary amides is 2. The molecule has 2 heterocycles. The molecule has 0 radical (unpaired) electrons. The highest BCUT2D eigenvalue weighted by Gasteiger charge is 2.18. The van der Waals surface area contributed by atoms with E-state index in [1.54, 1.807) is 6.20 Å². The topological polar surface area (TPSA) is 149 Å². The lowest BCUT2D eigenvalue weighted by atomic mass is 10.1. The molecule has 0 aliphatic heterocycles. The van der Waals surface area contributed by atoms with E-state index in [1.807, 2.05) is 37.3 Å². The van der Waals surface area contributed by atoms with Crippen LogP contribution in [0.1, 0.15) is 30.3 Å². The first-order valence-electron chi connectivity index (χ1n) is 8.82. The van der Waals surface area contributed by atoms with E-state index < -0.39 is 17.9 Å². The van der Waals surface area contributed by atoms with Gasteiger partial charge in [-0.05, 0) is 24.6 Å². The number of nitrogens with one attached hydrogen (secondary N) is 2. The van der Waals surface area contributed by atoms with Gasteiger partial charge in [-0.1, -0.05) is 25.5 Å². The van der Waals surface area contributed by atoms with Gasteiger partial charge in [0.25, 0.3) is 5.91 Å². The third-order valence-electron chi connectivity index (χ3n) is 4.12. The summed E-state index contributed by atoms with van der Waals surface area (Å²) in [5.74, 6) is -0.727. The van der Waals surface area contributed by atoms with Crippen LogP contribution in [0.3, 0.4) is 0 Å². The SMILES string of the molecule is CCC[C@@H](Nc1cnc(C(N)=O)c(Nc2ccc3cccnc3c2)n1)C(N)=O. The summed E-state index contributed by atoms with van der Waals surface area (Å²) in [7, 11) is 0. The minimum absolute atomic E-state index is 0.0159. The van der Waals surface area contributed by atoms with Crippen molar-refractivity contribution in [2.75, 3.05) is 10.6 Å². The average molecular weight is 379 g/mol. The van der Waals surface area contributed by atoms with E-state index in [0.29, 0.717) is 17.9 Å². The van der Waals surface area contributed by atoms with Crippen LogP contribution in [0.25, 0.3) is 10.9 Å². The quantitative estimate of drug-likeness (QED) is 0.467. The molecule has 0 bridgehead atoms. The zero-order chi connectivity index (χ0) is 20.1. The van der Waals surface area contributed by atoms with Crippen molar-refractivity contribution >= 4 is 40.0 Å². The second-order valence-corrected chi connectivity index (χ2v) is 6.24. The van der Waals surface area contributed by atoms with Gasteiger partial charge in [0.05, 0.1) is 11.7 Å². The van der Waals surface area contributed by atoms with Crippen LogP contribution in [0.4, 0.5) is 17.3 Å². The summed E-state index contributed by atoms with van der Waals surface area (Å²) < 4.78 is 0. The molecular formula is C19H21N7O2. The van der Waals surface area contributed by atoms with Gasteiger partial charge in [0.1, 0.15) is 11.9 Å². The fourth-order valence-corrected chi connectivity index (χ4v) is 2.76. The number of hydrogen-bond donors (Lipinski definition) is 4. The molecule has 0 aliphatic rings. The number of carbonyl (C=O) groups is 2. The van der Waals surface area contributed by atoms with Crippen LogP contribution in [0.15, 0.2) is 42.7 Å².